The lowest BCUT2D eigenvalue weighted by molar-refractivity contribution is 0.264. The molecule has 0 aromatic heterocycles. The summed E-state index contributed by atoms with van der Waals surface area (Å²) in [4.78, 5) is 0. The van der Waals surface area contributed by atoms with Crippen LogP contribution in [0.3, 0.4) is 0 Å². The molecule has 3 N–H and O–H groups in total. The summed E-state index contributed by atoms with van der Waals surface area (Å²) in [5.74, 6) is 0.537. The van der Waals surface area contributed by atoms with Gasteiger partial charge in [-0.1, -0.05) is 17.7 Å². The smallest absolute Gasteiger partial charge is 0.133 e. The molecular weight excluding hydrogens is 316 g/mol. The Kier molecular flexibility index (Phi) is 6.92. The van der Waals surface area contributed by atoms with Gasteiger partial charge in [-0.15, -0.1) is 12.4 Å². The minimum absolute atomic E-state index is 0. The molecule has 1 unspecified atom stereocenters. The summed E-state index contributed by atoms with van der Waals surface area (Å²) in [5.41, 5.74) is 6.02. The summed E-state index contributed by atoms with van der Waals surface area (Å²) in [7, 11) is 0. The first-order valence-electron chi connectivity index (χ1n) is 6.17. The van der Waals surface area contributed by atoms with Crippen LogP contribution in [0.25, 0.3) is 0 Å². The summed E-state index contributed by atoms with van der Waals surface area (Å²) >= 11 is 5.80. The predicted octanol–water partition coefficient (Wildman–Crippen LogP) is 3.56. The van der Waals surface area contributed by atoms with E-state index >= 15 is 0 Å². The van der Waals surface area contributed by atoms with Crippen LogP contribution < -0.4 is 10.5 Å². The van der Waals surface area contributed by atoms with Crippen molar-refractivity contribution in [2.75, 3.05) is 6.61 Å². The van der Waals surface area contributed by atoms with Gasteiger partial charge in [-0.25, -0.2) is 4.39 Å². The van der Waals surface area contributed by atoms with Crippen molar-refractivity contribution in [3.63, 3.8) is 0 Å². The van der Waals surface area contributed by atoms with Crippen LogP contribution in [-0.2, 0) is 6.42 Å². The first-order chi connectivity index (χ1) is 9.60. The molecule has 114 valence electrons. The highest BCUT2D eigenvalue weighted by Crippen LogP contribution is 2.28. The van der Waals surface area contributed by atoms with Gasteiger partial charge in [-0.2, -0.15) is 0 Å². The average Bonchev–Trinajstić information content (AvgIpc) is 2.45. The maximum atomic E-state index is 13.9. The minimum Gasteiger partial charge on any atom is -0.457 e. The largest absolute Gasteiger partial charge is 0.457 e. The van der Waals surface area contributed by atoms with Gasteiger partial charge in [0.15, 0.2) is 0 Å². The van der Waals surface area contributed by atoms with Crippen LogP contribution in [0.15, 0.2) is 42.5 Å². The van der Waals surface area contributed by atoms with Crippen LogP contribution in [0.2, 0.25) is 5.02 Å². The Bertz CT molecular complexity index is 578. The zero-order valence-corrected chi connectivity index (χ0v) is 12.7. The summed E-state index contributed by atoms with van der Waals surface area (Å²) in [5, 5.41) is 9.59. The third-order valence-corrected chi connectivity index (χ3v) is 3.07. The topological polar surface area (TPSA) is 55.5 Å². The second-order valence-electron chi connectivity index (χ2n) is 4.42. The number of ether oxygens (including phenoxy) is 1. The molecule has 1 atom stereocenters. The highest BCUT2D eigenvalue weighted by molar-refractivity contribution is 6.30. The molecule has 0 saturated heterocycles. The number of halogens is 3. The van der Waals surface area contributed by atoms with E-state index < -0.39 is 11.9 Å². The molecule has 6 heteroatoms. The molecule has 2 rings (SSSR count). The number of nitrogens with two attached hydrogens (primary N) is 1. The Morgan fingerprint density at radius 3 is 2.48 bits per heavy atom. The minimum atomic E-state index is -0.528. The molecule has 0 bridgehead atoms. The third kappa shape index (κ3) is 4.86. The van der Waals surface area contributed by atoms with Crippen molar-refractivity contribution in [2.45, 2.75) is 12.5 Å². The van der Waals surface area contributed by atoms with Gasteiger partial charge in [0.1, 0.15) is 17.3 Å². The molecule has 21 heavy (non-hydrogen) atoms. The summed E-state index contributed by atoms with van der Waals surface area (Å²) in [6, 6.07) is 10.8. The monoisotopic (exact) mass is 331 g/mol. The quantitative estimate of drug-likeness (QED) is 0.880. The van der Waals surface area contributed by atoms with Crippen LogP contribution in [0, 0.1) is 5.82 Å². The van der Waals surface area contributed by atoms with Crippen LogP contribution in [0.1, 0.15) is 5.56 Å². The molecule has 0 radical (unpaired) electrons. The van der Waals surface area contributed by atoms with Gasteiger partial charge in [0, 0.05) is 16.6 Å². The van der Waals surface area contributed by atoms with Crippen molar-refractivity contribution in [3.05, 3.63) is 58.9 Å². The van der Waals surface area contributed by atoms with Gasteiger partial charge in [0.2, 0.25) is 0 Å². The fourth-order valence-electron chi connectivity index (χ4n) is 1.79. The van der Waals surface area contributed by atoms with E-state index in [4.69, 9.17) is 27.2 Å². The first-order valence-corrected chi connectivity index (χ1v) is 6.55. The first kappa shape index (κ1) is 17.7. The Balaban J connectivity index is 0.00000220. The molecule has 0 heterocycles. The van der Waals surface area contributed by atoms with Crippen LogP contribution in [0.5, 0.6) is 11.5 Å². The number of hydrogen-bond acceptors (Lipinski definition) is 3. The Hall–Kier alpha value is -1.33. The normalized spacial score (nSPS) is 11.6. The zero-order valence-electron chi connectivity index (χ0n) is 11.1. The van der Waals surface area contributed by atoms with E-state index in [1.165, 1.54) is 6.07 Å². The molecule has 2 aromatic carbocycles. The fourth-order valence-corrected chi connectivity index (χ4v) is 1.91. The zero-order chi connectivity index (χ0) is 14.5. The van der Waals surface area contributed by atoms with E-state index in [0.717, 1.165) is 0 Å². The van der Waals surface area contributed by atoms with Gasteiger partial charge in [0.05, 0.1) is 6.61 Å². The SMILES string of the molecule is Cl.NC(CO)Cc1c(F)cccc1Oc1ccc(Cl)cc1. The third-order valence-electron chi connectivity index (χ3n) is 2.82. The standard InChI is InChI=1S/C15H15ClFNO2.ClH/c16-10-4-6-12(7-5-10)20-15-3-1-2-14(17)13(15)8-11(18)9-19;/h1-7,11,19H,8-9,18H2;1H. The number of rotatable bonds is 5. The Morgan fingerprint density at radius 2 is 1.86 bits per heavy atom. The molecular formula is C15H16Cl2FNO2. The van der Waals surface area contributed by atoms with Crippen LogP contribution in [0.4, 0.5) is 4.39 Å². The predicted molar refractivity (Wildman–Crippen MR) is 83.9 cm³/mol. The second kappa shape index (κ2) is 8.20. The lowest BCUT2D eigenvalue weighted by atomic mass is 10.1. The van der Waals surface area contributed by atoms with Crippen molar-refractivity contribution in [1.82, 2.24) is 0 Å². The summed E-state index contributed by atoms with van der Waals surface area (Å²) in [6.07, 6.45) is 0.200. The van der Waals surface area contributed by atoms with E-state index in [-0.39, 0.29) is 25.4 Å². The van der Waals surface area contributed by atoms with Gasteiger partial charge < -0.3 is 15.6 Å². The lowest BCUT2D eigenvalue weighted by Gasteiger charge is -2.14. The molecule has 0 aliphatic carbocycles. The van der Waals surface area contributed by atoms with Crippen molar-refractivity contribution < 1.29 is 14.2 Å². The Labute approximate surface area is 133 Å². The summed E-state index contributed by atoms with van der Waals surface area (Å²) in [6.45, 7) is -0.214. The number of benzene rings is 2. The van der Waals surface area contributed by atoms with Gasteiger partial charge in [-0.3, -0.25) is 0 Å². The van der Waals surface area contributed by atoms with E-state index in [1.807, 2.05) is 0 Å². The number of aliphatic hydroxyl groups is 1. The van der Waals surface area contributed by atoms with Crippen molar-refractivity contribution in [3.8, 4) is 11.5 Å². The number of hydrogen-bond donors (Lipinski definition) is 2. The van der Waals surface area contributed by atoms with E-state index in [0.29, 0.717) is 22.1 Å². The highest BCUT2D eigenvalue weighted by atomic mass is 35.5. The summed E-state index contributed by atoms with van der Waals surface area (Å²) < 4.78 is 19.5. The molecule has 0 aliphatic rings. The van der Waals surface area contributed by atoms with E-state index in [9.17, 15) is 4.39 Å². The van der Waals surface area contributed by atoms with Crippen molar-refractivity contribution in [1.29, 1.82) is 0 Å². The lowest BCUT2D eigenvalue weighted by Crippen LogP contribution is -2.27. The van der Waals surface area contributed by atoms with Gasteiger partial charge in [0.25, 0.3) is 0 Å². The van der Waals surface area contributed by atoms with Crippen LogP contribution >= 0.6 is 24.0 Å². The molecule has 0 fully saturated rings. The maximum absolute atomic E-state index is 13.9. The molecule has 0 amide bonds. The molecule has 3 nitrogen and oxygen atoms in total. The van der Waals surface area contributed by atoms with Gasteiger partial charge >= 0.3 is 0 Å². The number of aliphatic hydroxyl groups excluding tert-OH is 1. The van der Waals surface area contributed by atoms with Crippen LogP contribution in [-0.4, -0.2) is 17.8 Å². The van der Waals surface area contributed by atoms with Crippen molar-refractivity contribution in [2.24, 2.45) is 5.73 Å². The molecule has 0 saturated carbocycles. The van der Waals surface area contributed by atoms with Crippen molar-refractivity contribution >= 4 is 24.0 Å². The average molecular weight is 332 g/mol. The highest BCUT2D eigenvalue weighted by Gasteiger charge is 2.14. The molecule has 0 spiro atoms. The van der Waals surface area contributed by atoms with E-state index in [1.54, 1.807) is 36.4 Å². The maximum Gasteiger partial charge on any atom is 0.133 e. The second-order valence-corrected chi connectivity index (χ2v) is 4.86. The Morgan fingerprint density at radius 1 is 1.19 bits per heavy atom. The molecule has 0 aliphatic heterocycles. The molecule has 2 aromatic rings. The van der Waals surface area contributed by atoms with E-state index in [2.05, 4.69) is 0 Å². The van der Waals surface area contributed by atoms with Gasteiger partial charge in [-0.05, 0) is 42.8 Å². The fraction of sp³-hybridized carbons (Fsp3) is 0.200.